The van der Waals surface area contributed by atoms with Crippen molar-refractivity contribution in [1.29, 1.82) is 0 Å². The van der Waals surface area contributed by atoms with E-state index < -0.39 is 0 Å². The first-order valence-electron chi connectivity index (χ1n) is 4.96. The fourth-order valence-electron chi connectivity index (χ4n) is 1.63. The van der Waals surface area contributed by atoms with Crippen LogP contribution in [-0.2, 0) is 0 Å². The Morgan fingerprint density at radius 1 is 1.77 bits per heavy atom. The van der Waals surface area contributed by atoms with Gasteiger partial charge < -0.3 is 16.0 Å². The first-order chi connectivity index (χ1) is 6.19. The minimum absolute atomic E-state index is 0.0628. The molecule has 0 aromatic rings. The van der Waals surface area contributed by atoms with Crippen LogP contribution in [0.3, 0.4) is 0 Å². The first-order valence-corrected chi connectivity index (χ1v) is 4.96. The number of carbonyl (C=O) groups is 1. The largest absolute Gasteiger partial charge is 0.333 e. The lowest BCUT2D eigenvalue weighted by molar-refractivity contribution is 0.199. The molecule has 0 aromatic heterocycles. The van der Waals surface area contributed by atoms with Gasteiger partial charge in [0.15, 0.2) is 0 Å². The number of hydrogen-bond acceptors (Lipinski definition) is 2. The lowest BCUT2D eigenvalue weighted by Gasteiger charge is -2.22. The summed E-state index contributed by atoms with van der Waals surface area (Å²) in [7, 11) is 0. The number of rotatable bonds is 4. The lowest BCUT2D eigenvalue weighted by atomic mass is 10.2. The van der Waals surface area contributed by atoms with Crippen molar-refractivity contribution in [1.82, 2.24) is 10.2 Å². The summed E-state index contributed by atoms with van der Waals surface area (Å²) in [4.78, 5) is 13.3. The fraction of sp³-hybridized carbons (Fsp3) is 0.889. The van der Waals surface area contributed by atoms with Gasteiger partial charge in [-0.05, 0) is 26.3 Å². The van der Waals surface area contributed by atoms with Gasteiger partial charge in [0.1, 0.15) is 0 Å². The number of carbonyl (C=O) groups excluding carboxylic acids is 1. The van der Waals surface area contributed by atoms with Crippen LogP contribution in [0, 0.1) is 0 Å². The maximum absolute atomic E-state index is 11.4. The lowest BCUT2D eigenvalue weighted by Crippen LogP contribution is -2.37. The molecule has 2 amide bonds. The van der Waals surface area contributed by atoms with E-state index in [9.17, 15) is 4.79 Å². The van der Waals surface area contributed by atoms with Crippen LogP contribution in [-0.4, -0.2) is 36.1 Å². The summed E-state index contributed by atoms with van der Waals surface area (Å²) >= 11 is 0. The van der Waals surface area contributed by atoms with Crippen molar-refractivity contribution < 1.29 is 4.79 Å². The van der Waals surface area contributed by atoms with Gasteiger partial charge in [-0.15, -0.1) is 0 Å². The molecule has 0 radical (unpaired) electrons. The Balaban J connectivity index is 2.46. The van der Waals surface area contributed by atoms with Crippen molar-refractivity contribution in [3.05, 3.63) is 0 Å². The van der Waals surface area contributed by atoms with Gasteiger partial charge in [-0.25, -0.2) is 4.79 Å². The van der Waals surface area contributed by atoms with Crippen LogP contribution in [0.25, 0.3) is 0 Å². The summed E-state index contributed by atoms with van der Waals surface area (Å²) in [5.41, 5.74) is 5.45. The van der Waals surface area contributed by atoms with Gasteiger partial charge in [0.2, 0.25) is 0 Å². The summed E-state index contributed by atoms with van der Waals surface area (Å²) < 4.78 is 0. The highest BCUT2D eigenvalue weighted by Crippen LogP contribution is 2.12. The topological polar surface area (TPSA) is 58.4 Å². The normalized spacial score (nSPS) is 24.7. The van der Waals surface area contributed by atoms with E-state index in [1.54, 1.807) is 0 Å². The van der Waals surface area contributed by atoms with Crippen molar-refractivity contribution >= 4 is 6.03 Å². The second kappa shape index (κ2) is 4.46. The number of amides is 2. The molecule has 0 bridgehead atoms. The Kier molecular flexibility index (Phi) is 3.54. The molecule has 1 aliphatic rings. The molecular formula is C9H19N3O. The highest BCUT2D eigenvalue weighted by molar-refractivity contribution is 5.77. The smallest absolute Gasteiger partial charge is 0.317 e. The zero-order valence-corrected chi connectivity index (χ0v) is 8.42. The molecule has 0 saturated carbocycles. The van der Waals surface area contributed by atoms with Gasteiger partial charge >= 0.3 is 6.03 Å². The third-order valence-electron chi connectivity index (χ3n) is 2.61. The minimum atomic E-state index is 0.0628. The predicted molar refractivity (Wildman–Crippen MR) is 52.5 cm³/mol. The van der Waals surface area contributed by atoms with Crippen LogP contribution in [0.1, 0.15) is 26.7 Å². The number of urea groups is 1. The summed E-state index contributed by atoms with van der Waals surface area (Å²) in [6.45, 7) is 5.60. The molecule has 1 fully saturated rings. The minimum Gasteiger partial charge on any atom is -0.333 e. The highest BCUT2D eigenvalue weighted by atomic mass is 16.2. The van der Waals surface area contributed by atoms with Crippen LogP contribution in [0.2, 0.25) is 0 Å². The van der Waals surface area contributed by atoms with Gasteiger partial charge in [-0.2, -0.15) is 0 Å². The van der Waals surface area contributed by atoms with E-state index >= 15 is 0 Å². The van der Waals surface area contributed by atoms with Crippen molar-refractivity contribution in [2.75, 3.05) is 13.1 Å². The molecule has 0 aromatic carbocycles. The second-order valence-corrected chi connectivity index (χ2v) is 3.63. The summed E-state index contributed by atoms with van der Waals surface area (Å²) in [6.07, 6.45) is 1.88. The highest BCUT2D eigenvalue weighted by Gasteiger charge is 2.30. The Bertz CT molecular complexity index is 184. The molecule has 2 unspecified atom stereocenters. The van der Waals surface area contributed by atoms with E-state index in [1.165, 1.54) is 0 Å². The average Bonchev–Trinajstić information content (AvgIpc) is 2.47. The Morgan fingerprint density at radius 3 is 2.92 bits per heavy atom. The molecule has 1 saturated heterocycles. The van der Waals surface area contributed by atoms with Gasteiger partial charge in [-0.1, -0.05) is 6.92 Å². The van der Waals surface area contributed by atoms with Gasteiger partial charge in [0.25, 0.3) is 0 Å². The van der Waals surface area contributed by atoms with E-state index in [2.05, 4.69) is 12.2 Å². The van der Waals surface area contributed by atoms with Crippen molar-refractivity contribution in [2.45, 2.75) is 38.8 Å². The number of hydrogen-bond donors (Lipinski definition) is 2. The summed E-state index contributed by atoms with van der Waals surface area (Å²) in [5, 5.41) is 2.94. The van der Waals surface area contributed by atoms with E-state index in [4.69, 9.17) is 5.73 Å². The molecule has 1 heterocycles. The molecule has 1 aliphatic heterocycles. The van der Waals surface area contributed by atoms with E-state index in [1.807, 2.05) is 11.8 Å². The third-order valence-corrected chi connectivity index (χ3v) is 2.61. The van der Waals surface area contributed by atoms with Crippen molar-refractivity contribution in [3.63, 3.8) is 0 Å². The molecule has 1 rings (SSSR count). The average molecular weight is 185 g/mol. The molecule has 4 heteroatoms. The van der Waals surface area contributed by atoms with Crippen LogP contribution in [0.5, 0.6) is 0 Å². The van der Waals surface area contributed by atoms with Crippen molar-refractivity contribution in [2.24, 2.45) is 5.73 Å². The molecule has 76 valence electrons. The number of nitrogens with two attached hydrogens (primary N) is 1. The zero-order chi connectivity index (χ0) is 9.84. The second-order valence-electron chi connectivity index (χ2n) is 3.63. The van der Waals surface area contributed by atoms with Crippen molar-refractivity contribution in [3.8, 4) is 0 Å². The number of nitrogens with zero attached hydrogens (tertiary/aromatic N) is 1. The molecule has 13 heavy (non-hydrogen) atoms. The van der Waals surface area contributed by atoms with E-state index in [0.717, 1.165) is 19.4 Å². The van der Waals surface area contributed by atoms with E-state index in [0.29, 0.717) is 12.6 Å². The molecule has 0 aliphatic carbocycles. The van der Waals surface area contributed by atoms with Gasteiger partial charge in [0, 0.05) is 18.6 Å². The molecular weight excluding hydrogens is 166 g/mol. The first kappa shape index (κ1) is 10.3. The van der Waals surface area contributed by atoms with Crippen LogP contribution in [0.4, 0.5) is 4.79 Å². The van der Waals surface area contributed by atoms with E-state index in [-0.39, 0.29) is 12.1 Å². The third kappa shape index (κ3) is 2.34. The van der Waals surface area contributed by atoms with Crippen LogP contribution < -0.4 is 11.1 Å². The zero-order valence-electron chi connectivity index (χ0n) is 8.42. The molecule has 4 nitrogen and oxygen atoms in total. The molecule has 0 spiro atoms. The Morgan fingerprint density at radius 2 is 2.46 bits per heavy atom. The Labute approximate surface area is 79.5 Å². The van der Waals surface area contributed by atoms with Gasteiger partial charge in [-0.3, -0.25) is 0 Å². The Hall–Kier alpha value is -0.770. The SMILES string of the molecule is CCC1CN(C(C)CCN)C(=O)N1. The molecule has 2 atom stereocenters. The number of nitrogens with one attached hydrogen (secondary N) is 1. The summed E-state index contributed by atoms with van der Waals surface area (Å²) in [6, 6.07) is 0.655. The van der Waals surface area contributed by atoms with Crippen LogP contribution >= 0.6 is 0 Å². The van der Waals surface area contributed by atoms with Crippen LogP contribution in [0.15, 0.2) is 0 Å². The maximum Gasteiger partial charge on any atom is 0.317 e. The molecule has 3 N–H and O–H groups in total. The quantitative estimate of drug-likeness (QED) is 0.671. The maximum atomic E-state index is 11.4. The summed E-state index contributed by atoms with van der Waals surface area (Å²) in [5.74, 6) is 0. The predicted octanol–water partition coefficient (Wildman–Crippen LogP) is 0.528. The van der Waals surface area contributed by atoms with Gasteiger partial charge in [0.05, 0.1) is 0 Å². The monoisotopic (exact) mass is 185 g/mol. The standard InChI is InChI=1S/C9H19N3O/c1-3-8-6-12(9(13)11-8)7(2)4-5-10/h7-8H,3-6,10H2,1-2H3,(H,11,13). The fourth-order valence-corrected chi connectivity index (χ4v) is 1.63.